The van der Waals surface area contributed by atoms with Crippen molar-refractivity contribution in [1.29, 1.82) is 0 Å². The first-order valence-corrected chi connectivity index (χ1v) is 8.02. The Labute approximate surface area is 141 Å². The molecular weight excluding hydrogens is 328 g/mol. The highest BCUT2D eigenvalue weighted by Gasteiger charge is 2.16. The van der Waals surface area contributed by atoms with E-state index in [-0.39, 0.29) is 11.3 Å². The summed E-state index contributed by atoms with van der Waals surface area (Å²) in [7, 11) is 0. The van der Waals surface area contributed by atoms with Crippen molar-refractivity contribution in [3.63, 3.8) is 0 Å². The van der Waals surface area contributed by atoms with Gasteiger partial charge in [0.25, 0.3) is 5.91 Å². The zero-order chi connectivity index (χ0) is 17.1. The Bertz CT molecular complexity index is 920. The average Bonchev–Trinajstić information content (AvgIpc) is 2.98. The largest absolute Gasteiger partial charge is 0.506 e. The first kappa shape index (κ1) is 15.9. The van der Waals surface area contributed by atoms with E-state index < -0.39 is 18.5 Å². The van der Waals surface area contributed by atoms with Gasteiger partial charge >= 0.3 is 5.97 Å². The van der Waals surface area contributed by atoms with Gasteiger partial charge in [0, 0.05) is 10.8 Å². The Morgan fingerprint density at radius 3 is 2.79 bits per heavy atom. The maximum Gasteiger partial charge on any atom is 0.342 e. The Kier molecular flexibility index (Phi) is 4.43. The highest BCUT2D eigenvalue weighted by atomic mass is 32.1. The molecule has 0 radical (unpaired) electrons. The van der Waals surface area contributed by atoms with Crippen LogP contribution >= 0.6 is 11.3 Å². The van der Waals surface area contributed by atoms with E-state index in [1.165, 1.54) is 17.4 Å². The number of aromatic nitrogens is 1. The number of hydrogen-bond acceptors (Lipinski definition) is 6. The van der Waals surface area contributed by atoms with E-state index >= 15 is 0 Å². The van der Waals surface area contributed by atoms with Crippen LogP contribution in [0.2, 0.25) is 0 Å². The number of amides is 1. The normalized spacial score (nSPS) is 10.5. The fourth-order valence-corrected chi connectivity index (χ4v) is 2.90. The summed E-state index contributed by atoms with van der Waals surface area (Å²) < 4.78 is 4.96. The van der Waals surface area contributed by atoms with Crippen molar-refractivity contribution in [2.45, 2.75) is 6.92 Å². The molecule has 0 spiro atoms. The number of carbonyl (C=O) groups excluding carboxylic acids is 2. The van der Waals surface area contributed by atoms with E-state index in [1.807, 2.05) is 19.1 Å². The van der Waals surface area contributed by atoms with Gasteiger partial charge in [0.1, 0.15) is 11.3 Å². The molecule has 0 saturated heterocycles. The quantitative estimate of drug-likeness (QED) is 0.711. The van der Waals surface area contributed by atoms with Crippen LogP contribution in [-0.2, 0) is 9.53 Å². The molecular formula is C17H14N2O4S. The van der Waals surface area contributed by atoms with E-state index in [0.717, 1.165) is 11.1 Å². The third-order valence-corrected chi connectivity index (χ3v) is 4.20. The number of rotatable bonds is 4. The number of nitrogens with one attached hydrogen (secondary N) is 1. The van der Waals surface area contributed by atoms with Gasteiger partial charge in [-0.15, -0.1) is 11.3 Å². The fourth-order valence-electron chi connectivity index (χ4n) is 2.20. The lowest BCUT2D eigenvalue weighted by Crippen LogP contribution is -2.20. The third-order valence-electron chi connectivity index (χ3n) is 3.32. The molecule has 2 aromatic carbocycles. The summed E-state index contributed by atoms with van der Waals surface area (Å²) in [6.45, 7) is 1.36. The average molecular weight is 342 g/mol. The van der Waals surface area contributed by atoms with Gasteiger partial charge in [0.15, 0.2) is 11.7 Å². The van der Waals surface area contributed by atoms with E-state index in [0.29, 0.717) is 10.5 Å². The minimum Gasteiger partial charge on any atom is -0.506 e. The molecule has 0 aliphatic rings. The molecule has 0 bridgehead atoms. The number of anilines is 1. The molecule has 0 unspecified atom stereocenters. The molecule has 6 nitrogen and oxygen atoms in total. The minimum absolute atomic E-state index is 0.0200. The highest BCUT2D eigenvalue weighted by Crippen LogP contribution is 2.29. The number of benzene rings is 2. The molecule has 24 heavy (non-hydrogen) atoms. The van der Waals surface area contributed by atoms with Crippen molar-refractivity contribution >= 4 is 39.1 Å². The molecule has 0 atom stereocenters. The van der Waals surface area contributed by atoms with E-state index in [1.54, 1.807) is 23.6 Å². The number of phenols is 1. The Balaban J connectivity index is 1.67. The summed E-state index contributed by atoms with van der Waals surface area (Å²) in [5, 5.41) is 16.4. The molecule has 1 heterocycles. The molecule has 122 valence electrons. The topological polar surface area (TPSA) is 88.5 Å². The number of aryl methyl sites for hydroxylation is 1. The summed E-state index contributed by atoms with van der Waals surface area (Å²) in [5.41, 5.74) is 0.819. The summed E-state index contributed by atoms with van der Waals surface area (Å²) >= 11 is 1.29. The molecule has 7 heteroatoms. The minimum atomic E-state index is -0.760. The van der Waals surface area contributed by atoms with Crippen molar-refractivity contribution in [2.24, 2.45) is 0 Å². The maximum atomic E-state index is 12.1. The van der Waals surface area contributed by atoms with Crippen LogP contribution in [0.1, 0.15) is 16.1 Å². The van der Waals surface area contributed by atoms with Crippen LogP contribution in [0.3, 0.4) is 0 Å². The number of hydrogen-bond donors (Lipinski definition) is 2. The number of nitrogens with zero attached hydrogens (tertiary/aromatic N) is 1. The highest BCUT2D eigenvalue weighted by molar-refractivity contribution is 7.13. The SMILES string of the molecule is Cc1csc(NC(=O)COC(=O)c2ccc3ccccc3c2O)n1. The second kappa shape index (κ2) is 6.67. The van der Waals surface area contributed by atoms with E-state index in [9.17, 15) is 14.7 Å². The van der Waals surface area contributed by atoms with Crippen LogP contribution in [0.25, 0.3) is 10.8 Å². The van der Waals surface area contributed by atoms with Crippen molar-refractivity contribution in [3.05, 3.63) is 53.0 Å². The second-order valence-electron chi connectivity index (χ2n) is 5.10. The Morgan fingerprint density at radius 1 is 1.25 bits per heavy atom. The number of fused-ring (bicyclic) bond motifs is 1. The molecule has 1 aromatic heterocycles. The van der Waals surface area contributed by atoms with Crippen LogP contribution < -0.4 is 5.32 Å². The van der Waals surface area contributed by atoms with Crippen molar-refractivity contribution in [3.8, 4) is 5.75 Å². The van der Waals surface area contributed by atoms with Gasteiger partial charge < -0.3 is 9.84 Å². The number of carbonyl (C=O) groups is 2. The summed E-state index contributed by atoms with van der Waals surface area (Å²) in [6.07, 6.45) is 0. The molecule has 0 aliphatic heterocycles. The predicted octanol–water partition coefficient (Wildman–Crippen LogP) is 3.11. The van der Waals surface area contributed by atoms with Gasteiger partial charge in [-0.2, -0.15) is 0 Å². The van der Waals surface area contributed by atoms with Crippen LogP contribution in [0.15, 0.2) is 41.8 Å². The number of thiazole rings is 1. The summed E-state index contributed by atoms with van der Waals surface area (Å²) in [4.78, 5) is 28.0. The van der Waals surface area contributed by atoms with Gasteiger partial charge in [-0.3, -0.25) is 10.1 Å². The second-order valence-corrected chi connectivity index (χ2v) is 5.96. The monoisotopic (exact) mass is 342 g/mol. The van der Waals surface area contributed by atoms with Crippen LogP contribution in [0.4, 0.5) is 5.13 Å². The Hall–Kier alpha value is -2.93. The third kappa shape index (κ3) is 3.36. The lowest BCUT2D eigenvalue weighted by Gasteiger charge is -2.08. The van der Waals surface area contributed by atoms with Gasteiger partial charge in [-0.1, -0.05) is 30.3 Å². The lowest BCUT2D eigenvalue weighted by molar-refractivity contribution is -0.119. The van der Waals surface area contributed by atoms with Crippen LogP contribution in [0.5, 0.6) is 5.75 Å². The van der Waals surface area contributed by atoms with E-state index in [4.69, 9.17) is 4.74 Å². The Morgan fingerprint density at radius 2 is 2.04 bits per heavy atom. The molecule has 0 saturated carbocycles. The van der Waals surface area contributed by atoms with E-state index in [2.05, 4.69) is 10.3 Å². The molecule has 2 N–H and O–H groups in total. The predicted molar refractivity (Wildman–Crippen MR) is 91.4 cm³/mol. The van der Waals surface area contributed by atoms with Crippen molar-refractivity contribution in [1.82, 2.24) is 4.98 Å². The molecule has 3 aromatic rings. The first-order chi connectivity index (χ1) is 11.5. The maximum absolute atomic E-state index is 12.1. The molecule has 1 amide bonds. The van der Waals surface area contributed by atoms with Gasteiger partial charge in [0.05, 0.1) is 5.69 Å². The number of aromatic hydroxyl groups is 1. The summed E-state index contributed by atoms with van der Waals surface area (Å²) in [6, 6.07) is 10.3. The lowest BCUT2D eigenvalue weighted by atomic mass is 10.1. The van der Waals surface area contributed by atoms with Crippen molar-refractivity contribution < 1.29 is 19.4 Å². The molecule has 0 fully saturated rings. The van der Waals surface area contributed by atoms with Crippen LogP contribution in [0, 0.1) is 6.92 Å². The van der Waals surface area contributed by atoms with Gasteiger partial charge in [-0.05, 0) is 18.4 Å². The number of esters is 1. The number of phenolic OH excluding ortho intramolecular Hbond substituents is 1. The smallest absolute Gasteiger partial charge is 0.342 e. The summed E-state index contributed by atoms with van der Waals surface area (Å²) in [5.74, 6) is -1.41. The zero-order valence-electron chi connectivity index (χ0n) is 12.8. The first-order valence-electron chi connectivity index (χ1n) is 7.14. The van der Waals surface area contributed by atoms with Crippen LogP contribution in [-0.4, -0.2) is 28.6 Å². The van der Waals surface area contributed by atoms with Crippen molar-refractivity contribution in [2.75, 3.05) is 11.9 Å². The molecule has 0 aliphatic carbocycles. The zero-order valence-corrected chi connectivity index (χ0v) is 13.6. The number of ether oxygens (including phenoxy) is 1. The standard InChI is InChI=1S/C17H14N2O4S/c1-10-9-24-17(18-10)19-14(20)8-23-16(22)13-7-6-11-4-2-3-5-12(11)15(13)21/h2-7,9,21H,8H2,1H3,(H,18,19,20). The molecule has 3 rings (SSSR count). The van der Waals surface area contributed by atoms with Gasteiger partial charge in [-0.25, -0.2) is 9.78 Å². The van der Waals surface area contributed by atoms with Gasteiger partial charge in [0.2, 0.25) is 0 Å². The fraction of sp³-hybridized carbons (Fsp3) is 0.118.